The third-order valence-corrected chi connectivity index (χ3v) is 2.83. The molecule has 0 aliphatic carbocycles. The molecule has 1 aromatic carbocycles. The number of rotatable bonds is 4. The summed E-state index contributed by atoms with van der Waals surface area (Å²) in [5.41, 5.74) is 3.19. The van der Waals surface area contributed by atoms with Crippen LogP contribution >= 0.6 is 0 Å². The number of aryl methyl sites for hydroxylation is 1. The van der Waals surface area contributed by atoms with Crippen LogP contribution in [0.25, 0.3) is 10.9 Å². The number of aromatic nitrogens is 1. The molecule has 0 saturated carbocycles. The Kier molecular flexibility index (Phi) is 3.18. The van der Waals surface area contributed by atoms with Gasteiger partial charge in [0.1, 0.15) is 11.5 Å². The molecule has 2 aromatic rings. The molecule has 0 radical (unpaired) electrons. The van der Waals surface area contributed by atoms with Crippen LogP contribution < -0.4 is 4.74 Å². The predicted molar refractivity (Wildman–Crippen MR) is 68.6 cm³/mol. The Bertz CT molecular complexity index is 555. The van der Waals surface area contributed by atoms with Crippen molar-refractivity contribution in [2.75, 3.05) is 6.61 Å². The first-order chi connectivity index (χ1) is 8.11. The van der Waals surface area contributed by atoms with Crippen LogP contribution in [0.1, 0.15) is 25.1 Å². The smallest absolute Gasteiger partial charge is 0.134 e. The molecule has 0 amide bonds. The summed E-state index contributed by atoms with van der Waals surface area (Å²) in [4.78, 5) is 14.6. The van der Waals surface area contributed by atoms with E-state index < -0.39 is 0 Å². The van der Waals surface area contributed by atoms with Gasteiger partial charge in [-0.2, -0.15) is 0 Å². The molecule has 90 valence electrons. The van der Waals surface area contributed by atoms with E-state index in [9.17, 15) is 4.79 Å². The zero-order valence-electron chi connectivity index (χ0n) is 10.5. The highest BCUT2D eigenvalue weighted by atomic mass is 16.5. The number of H-pyrrole nitrogens is 1. The number of Topliss-reactive ketones (excluding diaryl/α,β-unsaturated/α-hetero) is 1. The minimum absolute atomic E-state index is 0.177. The van der Waals surface area contributed by atoms with Gasteiger partial charge in [0.15, 0.2) is 0 Å². The number of nitrogens with one attached hydrogen (secondary N) is 1. The monoisotopic (exact) mass is 231 g/mol. The van der Waals surface area contributed by atoms with Crippen LogP contribution in [0.5, 0.6) is 5.75 Å². The molecule has 0 fully saturated rings. The van der Waals surface area contributed by atoms with E-state index in [-0.39, 0.29) is 5.78 Å². The summed E-state index contributed by atoms with van der Waals surface area (Å²) in [6, 6.07) is 5.94. The van der Waals surface area contributed by atoms with Crippen molar-refractivity contribution in [1.29, 1.82) is 0 Å². The lowest BCUT2D eigenvalue weighted by atomic mass is 10.1. The SMILES string of the molecule is CCOc1ccc2[nH]c(C)c(CC(C)=O)c2c1. The van der Waals surface area contributed by atoms with E-state index in [1.54, 1.807) is 6.92 Å². The largest absolute Gasteiger partial charge is 0.494 e. The summed E-state index contributed by atoms with van der Waals surface area (Å²) in [5, 5.41) is 1.09. The molecule has 1 heterocycles. The van der Waals surface area contributed by atoms with E-state index >= 15 is 0 Å². The van der Waals surface area contributed by atoms with Crippen LogP contribution in [-0.2, 0) is 11.2 Å². The molecule has 1 N–H and O–H groups in total. The maximum atomic E-state index is 11.3. The van der Waals surface area contributed by atoms with E-state index in [0.29, 0.717) is 13.0 Å². The second kappa shape index (κ2) is 4.62. The minimum Gasteiger partial charge on any atom is -0.494 e. The van der Waals surface area contributed by atoms with Gasteiger partial charge in [0.25, 0.3) is 0 Å². The second-order valence-electron chi connectivity index (χ2n) is 4.25. The van der Waals surface area contributed by atoms with Crippen LogP contribution in [0.15, 0.2) is 18.2 Å². The number of carbonyl (C=O) groups excluding carboxylic acids is 1. The Morgan fingerprint density at radius 3 is 2.82 bits per heavy atom. The summed E-state index contributed by atoms with van der Waals surface area (Å²) in [7, 11) is 0. The molecule has 0 spiro atoms. The fourth-order valence-electron chi connectivity index (χ4n) is 2.09. The molecular formula is C14H17NO2. The van der Waals surface area contributed by atoms with Gasteiger partial charge in [-0.3, -0.25) is 4.79 Å². The molecule has 3 nitrogen and oxygen atoms in total. The number of hydrogen-bond donors (Lipinski definition) is 1. The summed E-state index contributed by atoms with van der Waals surface area (Å²) in [5.74, 6) is 1.03. The van der Waals surface area contributed by atoms with E-state index in [0.717, 1.165) is 27.9 Å². The number of aromatic amines is 1. The lowest BCUT2D eigenvalue weighted by Gasteiger charge is -2.03. The van der Waals surface area contributed by atoms with Crippen molar-refractivity contribution in [3.63, 3.8) is 0 Å². The molecule has 3 heteroatoms. The van der Waals surface area contributed by atoms with E-state index in [4.69, 9.17) is 4.74 Å². The molecule has 17 heavy (non-hydrogen) atoms. The predicted octanol–water partition coefficient (Wildman–Crippen LogP) is 3.01. The van der Waals surface area contributed by atoms with Crippen LogP contribution in [0, 0.1) is 6.92 Å². The lowest BCUT2D eigenvalue weighted by molar-refractivity contribution is -0.116. The van der Waals surface area contributed by atoms with Gasteiger partial charge >= 0.3 is 0 Å². The number of ether oxygens (including phenoxy) is 1. The molecular weight excluding hydrogens is 214 g/mol. The first-order valence-corrected chi connectivity index (χ1v) is 5.85. The molecule has 0 bridgehead atoms. The minimum atomic E-state index is 0.177. The van der Waals surface area contributed by atoms with Crippen molar-refractivity contribution >= 4 is 16.7 Å². The van der Waals surface area contributed by atoms with E-state index in [1.807, 2.05) is 32.0 Å². The summed E-state index contributed by atoms with van der Waals surface area (Å²) < 4.78 is 5.48. The molecule has 2 rings (SSSR count). The van der Waals surface area contributed by atoms with E-state index in [2.05, 4.69) is 4.98 Å². The summed E-state index contributed by atoms with van der Waals surface area (Å²) >= 11 is 0. The zero-order chi connectivity index (χ0) is 12.4. The average molecular weight is 231 g/mol. The fraction of sp³-hybridized carbons (Fsp3) is 0.357. The van der Waals surface area contributed by atoms with Gasteiger partial charge in [-0.25, -0.2) is 0 Å². The Hall–Kier alpha value is -1.77. The average Bonchev–Trinajstić information content (AvgIpc) is 2.56. The summed E-state index contributed by atoms with van der Waals surface area (Å²) in [6.45, 7) is 6.23. The van der Waals surface area contributed by atoms with Crippen molar-refractivity contribution in [1.82, 2.24) is 4.98 Å². The lowest BCUT2D eigenvalue weighted by Crippen LogP contribution is -1.97. The quantitative estimate of drug-likeness (QED) is 0.878. The standard InChI is InChI=1S/C14H17NO2/c1-4-17-11-5-6-14-13(8-11)12(7-9(2)16)10(3)15-14/h5-6,8,15H,4,7H2,1-3H3. The second-order valence-corrected chi connectivity index (χ2v) is 4.25. The molecule has 0 aliphatic heterocycles. The first kappa shape index (κ1) is 11.7. The van der Waals surface area contributed by atoms with Gasteiger partial charge in [-0.05, 0) is 44.5 Å². The number of ketones is 1. The topological polar surface area (TPSA) is 42.1 Å². The molecule has 0 unspecified atom stereocenters. The Labute approximate surface area is 101 Å². The van der Waals surface area contributed by atoms with Gasteiger partial charge < -0.3 is 9.72 Å². The third-order valence-electron chi connectivity index (χ3n) is 2.83. The van der Waals surface area contributed by atoms with E-state index in [1.165, 1.54) is 0 Å². The maximum Gasteiger partial charge on any atom is 0.134 e. The van der Waals surface area contributed by atoms with Crippen molar-refractivity contribution < 1.29 is 9.53 Å². The number of carbonyl (C=O) groups is 1. The number of benzene rings is 1. The van der Waals surface area contributed by atoms with Crippen molar-refractivity contribution in [2.24, 2.45) is 0 Å². The normalized spacial score (nSPS) is 10.8. The van der Waals surface area contributed by atoms with Gasteiger partial charge in [0, 0.05) is 23.0 Å². The van der Waals surface area contributed by atoms with Crippen molar-refractivity contribution in [2.45, 2.75) is 27.2 Å². The Morgan fingerprint density at radius 1 is 1.41 bits per heavy atom. The van der Waals surface area contributed by atoms with Gasteiger partial charge in [0.05, 0.1) is 6.61 Å². The van der Waals surface area contributed by atoms with Crippen LogP contribution in [-0.4, -0.2) is 17.4 Å². The number of hydrogen-bond acceptors (Lipinski definition) is 2. The maximum absolute atomic E-state index is 11.3. The highest BCUT2D eigenvalue weighted by Crippen LogP contribution is 2.26. The highest BCUT2D eigenvalue weighted by Gasteiger charge is 2.10. The Morgan fingerprint density at radius 2 is 2.18 bits per heavy atom. The van der Waals surface area contributed by atoms with Crippen molar-refractivity contribution in [3.8, 4) is 5.75 Å². The van der Waals surface area contributed by atoms with Gasteiger partial charge in [0.2, 0.25) is 0 Å². The van der Waals surface area contributed by atoms with Gasteiger partial charge in [-0.1, -0.05) is 0 Å². The molecule has 0 atom stereocenters. The van der Waals surface area contributed by atoms with Crippen LogP contribution in [0.3, 0.4) is 0 Å². The van der Waals surface area contributed by atoms with Crippen LogP contribution in [0.4, 0.5) is 0 Å². The molecule has 0 saturated heterocycles. The highest BCUT2D eigenvalue weighted by molar-refractivity contribution is 5.90. The molecule has 1 aromatic heterocycles. The summed E-state index contributed by atoms with van der Waals surface area (Å²) in [6.07, 6.45) is 0.474. The number of fused-ring (bicyclic) bond motifs is 1. The first-order valence-electron chi connectivity index (χ1n) is 5.85. The molecule has 0 aliphatic rings. The third kappa shape index (κ3) is 2.33. The Balaban J connectivity index is 2.52. The van der Waals surface area contributed by atoms with Crippen LogP contribution in [0.2, 0.25) is 0 Å². The zero-order valence-corrected chi connectivity index (χ0v) is 10.5. The van der Waals surface area contributed by atoms with Gasteiger partial charge in [-0.15, -0.1) is 0 Å². The van der Waals surface area contributed by atoms with Crippen molar-refractivity contribution in [3.05, 3.63) is 29.5 Å². The fourth-order valence-corrected chi connectivity index (χ4v) is 2.09.